The summed E-state index contributed by atoms with van der Waals surface area (Å²) in [4.78, 5) is 36.7. The number of hydrogen-bond acceptors (Lipinski definition) is 10. The Morgan fingerprint density at radius 1 is 1.15 bits per heavy atom. The van der Waals surface area contributed by atoms with Crippen LogP contribution in [0.15, 0.2) is 52.5 Å². The van der Waals surface area contributed by atoms with Crippen LogP contribution in [0, 0.1) is 10.1 Å². The number of aromatic nitrogens is 2. The number of carbonyl (C=O) groups is 2. The number of rotatable bonds is 4. The maximum absolute atomic E-state index is 12.4. The first kappa shape index (κ1) is 17.8. The highest BCUT2D eigenvalue weighted by Gasteiger charge is 2.33. The third kappa shape index (κ3) is 3.01. The number of carbonyl (C=O) groups excluding carboxylic acids is 2. The number of hydrogen-bond donors (Lipinski definition) is 0. The summed E-state index contributed by atoms with van der Waals surface area (Å²) >= 11 is 0. The summed E-state index contributed by atoms with van der Waals surface area (Å²) in [6.07, 6.45) is 5.70. The zero-order valence-corrected chi connectivity index (χ0v) is 14.1. The van der Waals surface area contributed by atoms with Gasteiger partial charge in [0.15, 0.2) is 0 Å². The minimum absolute atomic E-state index is 0.0371. The van der Waals surface area contributed by atoms with E-state index in [4.69, 9.17) is 9.47 Å². The van der Waals surface area contributed by atoms with Crippen LogP contribution < -0.4 is 4.90 Å². The number of benzene rings is 1. The molecule has 0 radical (unpaired) electrons. The van der Waals surface area contributed by atoms with Gasteiger partial charge in [-0.2, -0.15) is 0 Å². The summed E-state index contributed by atoms with van der Waals surface area (Å²) in [5, 5.41) is 18.8. The largest absolute Gasteiger partial charge is 0.465 e. The topological polar surface area (TPSA) is 138 Å². The Hall–Kier alpha value is -4.02. The Morgan fingerprint density at radius 2 is 1.89 bits per heavy atom. The van der Waals surface area contributed by atoms with E-state index >= 15 is 0 Å². The van der Waals surface area contributed by atoms with E-state index in [1.165, 1.54) is 36.6 Å². The molecule has 1 aromatic carbocycles. The van der Waals surface area contributed by atoms with Gasteiger partial charge in [0.25, 0.3) is 0 Å². The monoisotopic (exact) mass is 372 g/mol. The van der Waals surface area contributed by atoms with E-state index in [-0.39, 0.29) is 28.0 Å². The van der Waals surface area contributed by atoms with E-state index in [1.54, 1.807) is 0 Å². The molecule has 0 atom stereocenters. The molecule has 27 heavy (non-hydrogen) atoms. The van der Waals surface area contributed by atoms with Crippen molar-refractivity contribution in [2.75, 3.05) is 19.1 Å². The van der Waals surface area contributed by atoms with Gasteiger partial charge in [-0.05, 0) is 34.6 Å². The molecule has 11 heteroatoms. The minimum atomic E-state index is -0.890. The molecule has 2 heterocycles. The highest BCUT2D eigenvalue weighted by molar-refractivity contribution is 6.06. The van der Waals surface area contributed by atoms with Gasteiger partial charge >= 0.3 is 17.6 Å². The molecule has 0 saturated heterocycles. The normalized spacial score (nSPS) is 13.6. The van der Waals surface area contributed by atoms with E-state index in [0.29, 0.717) is 0 Å². The van der Waals surface area contributed by atoms with Crippen LogP contribution in [-0.4, -0.2) is 41.4 Å². The minimum Gasteiger partial charge on any atom is -0.465 e. The number of nitro benzene ring substituents is 1. The maximum Gasteiger partial charge on any atom is 0.355 e. The molecule has 138 valence electrons. The molecule has 1 aliphatic heterocycles. The van der Waals surface area contributed by atoms with E-state index < -0.39 is 22.5 Å². The van der Waals surface area contributed by atoms with Gasteiger partial charge in [0.1, 0.15) is 16.9 Å². The van der Waals surface area contributed by atoms with Gasteiger partial charge in [-0.15, -0.1) is 0 Å². The second-order valence-electron chi connectivity index (χ2n) is 5.14. The number of ether oxygens (including phenoxy) is 2. The third-order valence-electron chi connectivity index (χ3n) is 3.71. The molecule has 0 saturated carbocycles. The van der Waals surface area contributed by atoms with Gasteiger partial charge in [0, 0.05) is 6.20 Å². The quantitative estimate of drug-likeness (QED) is 0.442. The summed E-state index contributed by atoms with van der Waals surface area (Å²) < 4.78 is 14.0. The van der Waals surface area contributed by atoms with Gasteiger partial charge < -0.3 is 14.4 Å². The molecular weight excluding hydrogens is 360 g/mol. The first-order valence-electron chi connectivity index (χ1n) is 7.44. The lowest BCUT2D eigenvalue weighted by Gasteiger charge is -2.22. The Morgan fingerprint density at radius 3 is 2.56 bits per heavy atom. The zero-order chi connectivity index (χ0) is 19.6. The van der Waals surface area contributed by atoms with Crippen LogP contribution in [0.4, 0.5) is 11.4 Å². The van der Waals surface area contributed by atoms with Gasteiger partial charge in [0.2, 0.25) is 5.52 Å². The summed E-state index contributed by atoms with van der Waals surface area (Å²) in [6, 6.07) is 2.80. The first-order valence-corrected chi connectivity index (χ1v) is 7.44. The van der Waals surface area contributed by atoms with Crippen molar-refractivity contribution in [3.05, 3.63) is 57.9 Å². The standard InChI is InChI=1S/C16H12N4O7/c1-25-15(21)9-5-3-4-8-19(13(9)16(22)26-2)11-7-6-10-12(18-27-17-10)14(11)20(23)24/h3-8H,1-2H3. The fourth-order valence-corrected chi connectivity index (χ4v) is 2.55. The molecular formula is C16H12N4O7. The van der Waals surface area contributed by atoms with Gasteiger partial charge in [0.05, 0.1) is 24.7 Å². The number of esters is 2. The van der Waals surface area contributed by atoms with Crippen LogP contribution in [0.5, 0.6) is 0 Å². The zero-order valence-electron chi connectivity index (χ0n) is 14.1. The molecule has 0 fully saturated rings. The second-order valence-corrected chi connectivity index (χ2v) is 5.14. The van der Waals surface area contributed by atoms with Gasteiger partial charge in [-0.1, -0.05) is 6.08 Å². The number of nitrogens with zero attached hydrogens (tertiary/aromatic N) is 4. The summed E-state index contributed by atoms with van der Waals surface area (Å²) in [5.74, 6) is -1.70. The average Bonchev–Trinajstić information content (AvgIpc) is 3.03. The molecule has 2 aromatic rings. The molecule has 0 aliphatic carbocycles. The Labute approximate surface area is 151 Å². The number of nitro groups is 1. The van der Waals surface area contributed by atoms with Crippen LogP contribution in [0.2, 0.25) is 0 Å². The predicted octanol–water partition coefficient (Wildman–Crippen LogP) is 1.62. The van der Waals surface area contributed by atoms with Crippen LogP contribution in [0.25, 0.3) is 11.0 Å². The fraction of sp³-hybridized carbons (Fsp3) is 0.125. The smallest absolute Gasteiger partial charge is 0.355 e. The summed E-state index contributed by atoms with van der Waals surface area (Å²) in [5.41, 5.74) is -0.822. The molecule has 0 amide bonds. The molecule has 0 spiro atoms. The molecule has 1 aliphatic rings. The van der Waals surface area contributed by atoms with Crippen molar-refractivity contribution in [2.24, 2.45) is 0 Å². The summed E-state index contributed by atoms with van der Waals surface area (Å²) in [6.45, 7) is 0. The SMILES string of the molecule is COC(=O)C1=C(C(=O)OC)N(c2ccc3nonc3c2[N+](=O)[O-])C=CC=C1. The van der Waals surface area contributed by atoms with Crippen LogP contribution in [0.1, 0.15) is 0 Å². The molecule has 3 rings (SSSR count). The molecule has 1 aromatic heterocycles. The Balaban J connectivity index is 2.32. The third-order valence-corrected chi connectivity index (χ3v) is 3.71. The van der Waals surface area contributed by atoms with Crippen molar-refractivity contribution in [2.45, 2.75) is 0 Å². The first-order chi connectivity index (χ1) is 13.0. The van der Waals surface area contributed by atoms with Crippen molar-refractivity contribution < 1.29 is 28.6 Å². The Bertz CT molecular complexity index is 1030. The lowest BCUT2D eigenvalue weighted by molar-refractivity contribution is -0.382. The van der Waals surface area contributed by atoms with Gasteiger partial charge in [-0.3, -0.25) is 10.1 Å². The lowest BCUT2D eigenvalue weighted by atomic mass is 10.1. The van der Waals surface area contributed by atoms with Crippen molar-refractivity contribution in [1.29, 1.82) is 0 Å². The number of allylic oxidation sites excluding steroid dienone is 2. The predicted molar refractivity (Wildman–Crippen MR) is 90.3 cm³/mol. The van der Waals surface area contributed by atoms with Crippen LogP contribution in [-0.2, 0) is 19.1 Å². The maximum atomic E-state index is 12.4. The van der Waals surface area contributed by atoms with Crippen molar-refractivity contribution in [3.8, 4) is 0 Å². The molecule has 0 unspecified atom stereocenters. The van der Waals surface area contributed by atoms with E-state index in [2.05, 4.69) is 14.9 Å². The molecule has 11 nitrogen and oxygen atoms in total. The summed E-state index contributed by atoms with van der Waals surface area (Å²) in [7, 11) is 2.27. The van der Waals surface area contributed by atoms with Crippen LogP contribution in [0.3, 0.4) is 0 Å². The molecule has 0 bridgehead atoms. The van der Waals surface area contributed by atoms with Crippen LogP contribution >= 0.6 is 0 Å². The van der Waals surface area contributed by atoms with Crippen molar-refractivity contribution in [1.82, 2.24) is 10.3 Å². The highest BCUT2D eigenvalue weighted by Crippen LogP contribution is 2.37. The van der Waals surface area contributed by atoms with E-state index in [0.717, 1.165) is 19.1 Å². The van der Waals surface area contributed by atoms with Crippen molar-refractivity contribution >= 4 is 34.3 Å². The number of fused-ring (bicyclic) bond motifs is 1. The number of anilines is 1. The van der Waals surface area contributed by atoms with Gasteiger partial charge in [-0.25, -0.2) is 14.2 Å². The van der Waals surface area contributed by atoms with E-state index in [9.17, 15) is 19.7 Å². The average molecular weight is 372 g/mol. The number of methoxy groups -OCH3 is 2. The second kappa shape index (κ2) is 7.07. The van der Waals surface area contributed by atoms with Crippen molar-refractivity contribution in [3.63, 3.8) is 0 Å². The Kier molecular flexibility index (Phi) is 4.66. The highest BCUT2D eigenvalue weighted by atomic mass is 16.6. The van der Waals surface area contributed by atoms with E-state index in [1.807, 2.05) is 0 Å². The molecule has 0 N–H and O–H groups in total. The lowest BCUT2D eigenvalue weighted by Crippen LogP contribution is -2.27. The fourth-order valence-electron chi connectivity index (χ4n) is 2.55.